The average molecular weight is 509 g/mol. The number of hydrogen-bond acceptors (Lipinski definition) is 6. The number of anilines is 2. The number of methoxy groups -OCH3 is 1. The second kappa shape index (κ2) is 9.63. The highest BCUT2D eigenvalue weighted by molar-refractivity contribution is 5.95. The highest BCUT2D eigenvalue weighted by atomic mass is 16.5. The first kappa shape index (κ1) is 24.2. The predicted octanol–water partition coefficient (Wildman–Crippen LogP) is 5.91. The van der Waals surface area contributed by atoms with Crippen molar-refractivity contribution in [3.05, 3.63) is 98.8 Å². The number of hydrogen-bond donors (Lipinski definition) is 1. The van der Waals surface area contributed by atoms with Crippen LogP contribution in [0.15, 0.2) is 65.5 Å². The molecule has 1 aliphatic heterocycles. The molecule has 7 heteroatoms. The number of aryl methyl sites for hydroxylation is 1. The summed E-state index contributed by atoms with van der Waals surface area (Å²) in [5.41, 5.74) is 6.36. The summed E-state index contributed by atoms with van der Waals surface area (Å²) in [7, 11) is 1.38. The Labute approximate surface area is 222 Å². The molecule has 1 N–H and O–H groups in total. The molecule has 0 spiro atoms. The van der Waals surface area contributed by atoms with Crippen molar-refractivity contribution in [3.8, 4) is 0 Å². The number of esters is 1. The van der Waals surface area contributed by atoms with E-state index in [0.717, 1.165) is 49.4 Å². The molecule has 1 aromatic heterocycles. The van der Waals surface area contributed by atoms with Gasteiger partial charge in [0.15, 0.2) is 0 Å². The van der Waals surface area contributed by atoms with Gasteiger partial charge in [0.25, 0.3) is 5.56 Å². The van der Waals surface area contributed by atoms with Crippen LogP contribution in [0.25, 0.3) is 10.9 Å². The summed E-state index contributed by atoms with van der Waals surface area (Å²) in [5, 5.41) is 4.12. The van der Waals surface area contributed by atoms with Crippen LogP contribution in [0.3, 0.4) is 0 Å². The maximum atomic E-state index is 14.1. The topological polar surface area (TPSA) is 76.5 Å². The summed E-state index contributed by atoms with van der Waals surface area (Å²) in [6.07, 6.45) is 3.14. The summed E-state index contributed by atoms with van der Waals surface area (Å²) in [5.74, 6) is 0.349. The van der Waals surface area contributed by atoms with Crippen molar-refractivity contribution in [1.82, 2.24) is 9.55 Å². The Kier molecular flexibility index (Phi) is 6.14. The molecular weight excluding hydrogens is 476 g/mol. The molecule has 1 saturated carbocycles. The summed E-state index contributed by atoms with van der Waals surface area (Å²) >= 11 is 0. The van der Waals surface area contributed by atoms with Crippen LogP contribution in [-0.4, -0.2) is 22.6 Å². The third-order valence-corrected chi connectivity index (χ3v) is 7.89. The van der Waals surface area contributed by atoms with Crippen LogP contribution in [0.4, 0.5) is 11.6 Å². The second-order valence-corrected chi connectivity index (χ2v) is 10.4. The zero-order chi connectivity index (χ0) is 26.4. The number of rotatable bonds is 6. The quantitative estimate of drug-likeness (QED) is 0.326. The standard InChI is InChI=1S/C31H32N4O3/c1-19-15-25(20(2)32-27-14-7-6-13-24(27)30(37)38-3)28-26(16-19)29(36)35(23-11-8-12-23)31(33-28)34-17-21-9-4-5-10-22(21)18-34/h4-7,9-10,13-16,20,23,32H,8,11-12,17-18H2,1-3H3. The second-order valence-electron chi connectivity index (χ2n) is 10.4. The molecule has 194 valence electrons. The van der Waals surface area contributed by atoms with Crippen LogP contribution in [0, 0.1) is 6.92 Å². The van der Waals surface area contributed by atoms with Crippen LogP contribution < -0.4 is 15.8 Å². The number of nitrogens with one attached hydrogen (secondary N) is 1. The molecule has 6 rings (SSSR count). The number of nitrogens with zero attached hydrogens (tertiary/aromatic N) is 3. The Balaban J connectivity index is 1.48. The summed E-state index contributed by atoms with van der Waals surface area (Å²) in [4.78, 5) is 33.9. The number of para-hydroxylation sites is 1. The van der Waals surface area contributed by atoms with Crippen molar-refractivity contribution in [2.75, 3.05) is 17.3 Å². The van der Waals surface area contributed by atoms with Crippen molar-refractivity contribution in [2.24, 2.45) is 0 Å². The maximum absolute atomic E-state index is 14.1. The van der Waals surface area contributed by atoms with Crippen LogP contribution >= 0.6 is 0 Å². The van der Waals surface area contributed by atoms with Gasteiger partial charge in [0.1, 0.15) is 0 Å². The van der Waals surface area contributed by atoms with E-state index in [1.54, 1.807) is 6.07 Å². The first-order chi connectivity index (χ1) is 18.4. The lowest BCUT2D eigenvalue weighted by Crippen LogP contribution is -2.35. The minimum absolute atomic E-state index is 0.0257. The van der Waals surface area contributed by atoms with E-state index in [0.29, 0.717) is 22.2 Å². The number of fused-ring (bicyclic) bond motifs is 2. The Morgan fingerprint density at radius 3 is 2.39 bits per heavy atom. The molecule has 2 aliphatic rings. The molecule has 2 heterocycles. The molecule has 4 aromatic rings. The van der Waals surface area contributed by atoms with Crippen LogP contribution in [0.5, 0.6) is 0 Å². The van der Waals surface area contributed by atoms with E-state index in [1.165, 1.54) is 18.2 Å². The molecule has 3 aromatic carbocycles. The van der Waals surface area contributed by atoms with Gasteiger partial charge in [-0.25, -0.2) is 9.78 Å². The van der Waals surface area contributed by atoms with Gasteiger partial charge in [-0.2, -0.15) is 0 Å². The smallest absolute Gasteiger partial charge is 0.339 e. The van der Waals surface area contributed by atoms with E-state index in [9.17, 15) is 9.59 Å². The van der Waals surface area contributed by atoms with Crippen molar-refractivity contribution in [1.29, 1.82) is 0 Å². The number of carbonyl (C=O) groups excluding carboxylic acids is 1. The molecule has 1 fully saturated rings. The van der Waals surface area contributed by atoms with Gasteiger partial charge in [-0.05, 0) is 68.0 Å². The highest BCUT2D eigenvalue weighted by Crippen LogP contribution is 2.37. The van der Waals surface area contributed by atoms with Crippen LogP contribution in [0.1, 0.15) is 70.9 Å². The maximum Gasteiger partial charge on any atom is 0.339 e. The first-order valence-electron chi connectivity index (χ1n) is 13.3. The Hall–Kier alpha value is -4.13. The minimum atomic E-state index is -0.396. The van der Waals surface area contributed by atoms with Crippen molar-refractivity contribution in [2.45, 2.75) is 58.3 Å². The lowest BCUT2D eigenvalue weighted by atomic mass is 9.92. The number of aromatic nitrogens is 2. The minimum Gasteiger partial charge on any atom is -0.465 e. The molecule has 1 unspecified atom stereocenters. The average Bonchev–Trinajstić information content (AvgIpc) is 3.33. The largest absolute Gasteiger partial charge is 0.465 e. The van der Waals surface area contributed by atoms with Gasteiger partial charge in [-0.15, -0.1) is 0 Å². The van der Waals surface area contributed by atoms with E-state index < -0.39 is 5.97 Å². The summed E-state index contributed by atoms with van der Waals surface area (Å²) in [6.45, 7) is 5.52. The molecule has 0 bridgehead atoms. The zero-order valence-electron chi connectivity index (χ0n) is 22.0. The molecule has 1 aliphatic carbocycles. The van der Waals surface area contributed by atoms with Crippen molar-refractivity contribution >= 4 is 28.5 Å². The SMILES string of the molecule is COC(=O)c1ccccc1NC(C)c1cc(C)cc2c(=O)n(C3CCC3)c(N3Cc4ccccc4C3)nc12. The van der Waals surface area contributed by atoms with E-state index in [-0.39, 0.29) is 17.6 Å². The Morgan fingerprint density at radius 1 is 1.05 bits per heavy atom. The third kappa shape index (κ3) is 4.12. The molecule has 38 heavy (non-hydrogen) atoms. The summed E-state index contributed by atoms with van der Waals surface area (Å²) < 4.78 is 6.93. The fourth-order valence-electron chi connectivity index (χ4n) is 5.68. The highest BCUT2D eigenvalue weighted by Gasteiger charge is 2.30. The molecule has 0 radical (unpaired) electrons. The summed E-state index contributed by atoms with van der Waals surface area (Å²) in [6, 6.07) is 19.8. The molecule has 0 saturated heterocycles. The third-order valence-electron chi connectivity index (χ3n) is 7.89. The number of ether oxygens (including phenoxy) is 1. The fraction of sp³-hybridized carbons (Fsp3) is 0.323. The van der Waals surface area contributed by atoms with Crippen LogP contribution in [0.2, 0.25) is 0 Å². The normalized spacial score (nSPS) is 15.7. The number of benzene rings is 3. The Bertz CT molecular complexity index is 1580. The van der Waals surface area contributed by atoms with E-state index in [4.69, 9.17) is 9.72 Å². The molecule has 1 atom stereocenters. The lowest BCUT2D eigenvalue weighted by Gasteiger charge is -2.32. The van der Waals surface area contributed by atoms with Gasteiger partial charge in [-0.3, -0.25) is 9.36 Å². The first-order valence-corrected chi connectivity index (χ1v) is 13.3. The van der Waals surface area contributed by atoms with Gasteiger partial charge < -0.3 is 15.0 Å². The molecule has 7 nitrogen and oxygen atoms in total. The number of carbonyl (C=O) groups is 1. The van der Waals surface area contributed by atoms with Gasteiger partial charge in [0.05, 0.1) is 29.6 Å². The van der Waals surface area contributed by atoms with Gasteiger partial charge in [-0.1, -0.05) is 42.5 Å². The fourth-order valence-corrected chi connectivity index (χ4v) is 5.68. The van der Waals surface area contributed by atoms with E-state index in [2.05, 4.69) is 40.5 Å². The van der Waals surface area contributed by atoms with Gasteiger partial charge in [0, 0.05) is 30.4 Å². The van der Waals surface area contributed by atoms with E-state index >= 15 is 0 Å². The van der Waals surface area contributed by atoms with Crippen LogP contribution in [-0.2, 0) is 17.8 Å². The lowest BCUT2D eigenvalue weighted by molar-refractivity contribution is 0.0602. The predicted molar refractivity (Wildman–Crippen MR) is 150 cm³/mol. The van der Waals surface area contributed by atoms with Crippen molar-refractivity contribution in [3.63, 3.8) is 0 Å². The molecular formula is C31H32N4O3. The Morgan fingerprint density at radius 2 is 1.74 bits per heavy atom. The monoisotopic (exact) mass is 508 g/mol. The molecule has 0 amide bonds. The van der Waals surface area contributed by atoms with E-state index in [1.807, 2.05) is 42.7 Å². The zero-order valence-corrected chi connectivity index (χ0v) is 22.0. The van der Waals surface area contributed by atoms with Crippen molar-refractivity contribution < 1.29 is 9.53 Å². The van der Waals surface area contributed by atoms with Gasteiger partial charge in [0.2, 0.25) is 5.95 Å². The van der Waals surface area contributed by atoms with Gasteiger partial charge >= 0.3 is 5.97 Å².